The van der Waals surface area contributed by atoms with E-state index in [4.69, 9.17) is 4.74 Å². The largest absolute Gasteiger partial charge is 0.376 e. The average Bonchev–Trinajstić information content (AvgIpc) is 3.12. The summed E-state index contributed by atoms with van der Waals surface area (Å²) in [7, 11) is 0. The van der Waals surface area contributed by atoms with Crippen molar-refractivity contribution in [3.8, 4) is 0 Å². The maximum atomic E-state index is 12.6. The van der Waals surface area contributed by atoms with Gasteiger partial charge in [-0.3, -0.25) is 14.2 Å². The van der Waals surface area contributed by atoms with E-state index in [0.29, 0.717) is 36.1 Å². The third-order valence-electron chi connectivity index (χ3n) is 4.75. The van der Waals surface area contributed by atoms with Gasteiger partial charge in [0, 0.05) is 19.6 Å². The van der Waals surface area contributed by atoms with Crippen LogP contribution in [0, 0.1) is 6.92 Å². The van der Waals surface area contributed by atoms with Crippen molar-refractivity contribution in [2.75, 3.05) is 6.61 Å². The van der Waals surface area contributed by atoms with Crippen LogP contribution in [-0.2, 0) is 16.1 Å². The molecule has 0 radical (unpaired) electrons. The number of para-hydroxylation sites is 1. The van der Waals surface area contributed by atoms with Gasteiger partial charge in [0.15, 0.2) is 0 Å². The third kappa shape index (κ3) is 4.07. The van der Waals surface area contributed by atoms with Gasteiger partial charge in [0.25, 0.3) is 5.56 Å². The number of carbonyl (C=O) groups excluding carboxylic acids is 1. The van der Waals surface area contributed by atoms with E-state index < -0.39 is 0 Å². The van der Waals surface area contributed by atoms with E-state index in [2.05, 4.69) is 10.3 Å². The van der Waals surface area contributed by atoms with Crippen LogP contribution in [0.1, 0.15) is 38.4 Å². The summed E-state index contributed by atoms with van der Waals surface area (Å²) in [5, 5.41) is 3.62. The van der Waals surface area contributed by atoms with Gasteiger partial charge < -0.3 is 10.1 Å². The smallest absolute Gasteiger partial charge is 0.261 e. The first kappa shape index (κ1) is 17.6. The van der Waals surface area contributed by atoms with Crippen LogP contribution in [0.15, 0.2) is 29.1 Å². The van der Waals surface area contributed by atoms with Crippen molar-refractivity contribution in [2.24, 2.45) is 0 Å². The highest BCUT2D eigenvalue weighted by Crippen LogP contribution is 2.15. The van der Waals surface area contributed by atoms with Crippen molar-refractivity contribution >= 4 is 16.8 Å². The maximum Gasteiger partial charge on any atom is 0.261 e. The molecule has 2 atom stereocenters. The minimum atomic E-state index is -0.0452. The topological polar surface area (TPSA) is 73.2 Å². The van der Waals surface area contributed by atoms with E-state index in [1.165, 1.54) is 0 Å². The van der Waals surface area contributed by atoms with E-state index in [9.17, 15) is 9.59 Å². The van der Waals surface area contributed by atoms with Crippen LogP contribution in [0.3, 0.4) is 0 Å². The molecule has 3 rings (SSSR count). The van der Waals surface area contributed by atoms with Crippen LogP contribution in [0.25, 0.3) is 10.9 Å². The van der Waals surface area contributed by atoms with Gasteiger partial charge in [-0.25, -0.2) is 4.98 Å². The first-order valence-electron chi connectivity index (χ1n) is 8.93. The molecule has 0 saturated carbocycles. The Morgan fingerprint density at radius 3 is 3.00 bits per heavy atom. The van der Waals surface area contributed by atoms with Crippen molar-refractivity contribution in [2.45, 2.75) is 58.2 Å². The number of nitrogens with one attached hydrogen (secondary N) is 1. The molecule has 1 aliphatic rings. The summed E-state index contributed by atoms with van der Waals surface area (Å²) in [6.45, 7) is 5.08. The Bertz CT molecular complexity index is 809. The van der Waals surface area contributed by atoms with Crippen molar-refractivity contribution in [1.29, 1.82) is 0 Å². The first-order chi connectivity index (χ1) is 12.1. The fourth-order valence-electron chi connectivity index (χ4n) is 3.36. The minimum absolute atomic E-state index is 0.00227. The predicted molar refractivity (Wildman–Crippen MR) is 96.6 cm³/mol. The van der Waals surface area contributed by atoms with Crippen LogP contribution >= 0.6 is 0 Å². The number of ether oxygens (including phenoxy) is 1. The van der Waals surface area contributed by atoms with Gasteiger partial charge in [0.2, 0.25) is 5.91 Å². The number of nitrogens with zero attached hydrogens (tertiary/aromatic N) is 2. The van der Waals surface area contributed by atoms with Crippen LogP contribution < -0.4 is 10.9 Å². The Morgan fingerprint density at radius 1 is 1.44 bits per heavy atom. The number of carbonyl (C=O) groups is 1. The maximum absolute atomic E-state index is 12.6. The summed E-state index contributed by atoms with van der Waals surface area (Å²) in [6.07, 6.45) is 3.17. The highest BCUT2D eigenvalue weighted by Gasteiger charge is 2.23. The average molecular weight is 343 g/mol. The molecule has 1 aromatic heterocycles. The van der Waals surface area contributed by atoms with Crippen molar-refractivity contribution in [3.63, 3.8) is 0 Å². The summed E-state index contributed by atoms with van der Waals surface area (Å²) in [5.74, 6) is 0.680. The fourth-order valence-corrected chi connectivity index (χ4v) is 3.36. The van der Waals surface area contributed by atoms with Gasteiger partial charge in [-0.15, -0.1) is 0 Å². The highest BCUT2D eigenvalue weighted by atomic mass is 16.5. The molecule has 1 aliphatic heterocycles. The molecule has 1 fully saturated rings. The van der Waals surface area contributed by atoms with Crippen molar-refractivity contribution < 1.29 is 9.53 Å². The van der Waals surface area contributed by atoms with Crippen LogP contribution in [0.5, 0.6) is 0 Å². The summed E-state index contributed by atoms with van der Waals surface area (Å²) in [4.78, 5) is 29.2. The van der Waals surface area contributed by atoms with Crippen LogP contribution in [0.4, 0.5) is 0 Å². The number of rotatable bonds is 6. The summed E-state index contributed by atoms with van der Waals surface area (Å²) >= 11 is 0. The highest BCUT2D eigenvalue weighted by molar-refractivity contribution is 5.77. The second kappa shape index (κ2) is 7.78. The molecule has 25 heavy (non-hydrogen) atoms. The van der Waals surface area contributed by atoms with Crippen molar-refractivity contribution in [1.82, 2.24) is 14.9 Å². The van der Waals surface area contributed by atoms with Crippen LogP contribution in [0.2, 0.25) is 0 Å². The lowest BCUT2D eigenvalue weighted by molar-refractivity contribution is -0.122. The lowest BCUT2D eigenvalue weighted by Gasteiger charge is -2.20. The van der Waals surface area contributed by atoms with E-state index in [-0.39, 0.29) is 23.6 Å². The Hall–Kier alpha value is -2.21. The zero-order valence-electron chi connectivity index (χ0n) is 14.8. The molecule has 2 heterocycles. The molecular weight excluding hydrogens is 318 g/mol. The molecule has 1 saturated heterocycles. The quantitative estimate of drug-likeness (QED) is 0.872. The molecule has 0 unspecified atom stereocenters. The molecular formula is C19H25N3O3. The summed E-state index contributed by atoms with van der Waals surface area (Å²) in [5.41, 5.74) is 0.667. The SMILES string of the molecule is Cc1nc2ccccc2c(=O)n1CCCC(=O)N[C@H](C)[C@@H]1CCCO1. The van der Waals surface area contributed by atoms with E-state index in [1.807, 2.05) is 32.0 Å². The molecule has 2 aromatic rings. The lowest BCUT2D eigenvalue weighted by Crippen LogP contribution is -2.40. The normalized spacial score (nSPS) is 18.4. The standard InChI is InChI=1S/C19H25N3O3/c1-13(17-9-6-12-25-17)20-18(23)10-5-11-22-14(2)21-16-8-4-3-7-15(16)19(22)24/h3-4,7-8,13,17H,5-6,9-12H2,1-2H3,(H,20,23)/t13-,17+/m1/s1. The minimum Gasteiger partial charge on any atom is -0.376 e. The van der Waals surface area contributed by atoms with Crippen LogP contribution in [-0.4, -0.2) is 34.2 Å². The van der Waals surface area contributed by atoms with E-state index >= 15 is 0 Å². The Labute approximate surface area is 147 Å². The number of benzene rings is 1. The van der Waals surface area contributed by atoms with Gasteiger partial charge in [0.05, 0.1) is 23.0 Å². The number of hydrogen-bond acceptors (Lipinski definition) is 4. The molecule has 6 nitrogen and oxygen atoms in total. The zero-order chi connectivity index (χ0) is 17.8. The van der Waals surface area contributed by atoms with E-state index in [0.717, 1.165) is 19.4 Å². The molecule has 0 spiro atoms. The summed E-state index contributed by atoms with van der Waals surface area (Å²) < 4.78 is 7.25. The number of aromatic nitrogens is 2. The van der Waals surface area contributed by atoms with Gasteiger partial charge in [-0.2, -0.15) is 0 Å². The van der Waals surface area contributed by atoms with E-state index in [1.54, 1.807) is 10.6 Å². The Morgan fingerprint density at radius 2 is 2.24 bits per heavy atom. The zero-order valence-corrected chi connectivity index (χ0v) is 14.8. The molecule has 0 aliphatic carbocycles. The number of fused-ring (bicyclic) bond motifs is 1. The third-order valence-corrected chi connectivity index (χ3v) is 4.75. The first-order valence-corrected chi connectivity index (χ1v) is 8.93. The molecule has 134 valence electrons. The second-order valence-corrected chi connectivity index (χ2v) is 6.64. The number of amides is 1. The predicted octanol–water partition coefficient (Wildman–Crippen LogP) is 2.17. The Kier molecular flexibility index (Phi) is 5.48. The van der Waals surface area contributed by atoms with Gasteiger partial charge >= 0.3 is 0 Å². The molecule has 1 aromatic carbocycles. The fraction of sp³-hybridized carbons (Fsp3) is 0.526. The molecule has 1 amide bonds. The molecule has 6 heteroatoms. The lowest BCUT2D eigenvalue weighted by atomic mass is 10.1. The summed E-state index contributed by atoms with van der Waals surface area (Å²) in [6, 6.07) is 7.37. The van der Waals surface area contributed by atoms with Gasteiger partial charge in [0.1, 0.15) is 5.82 Å². The Balaban J connectivity index is 1.57. The number of hydrogen-bond donors (Lipinski definition) is 1. The second-order valence-electron chi connectivity index (χ2n) is 6.64. The van der Waals surface area contributed by atoms with Gasteiger partial charge in [-0.05, 0) is 45.2 Å². The van der Waals surface area contributed by atoms with Gasteiger partial charge in [-0.1, -0.05) is 12.1 Å². The molecule has 0 bridgehead atoms. The number of aryl methyl sites for hydroxylation is 1. The monoisotopic (exact) mass is 343 g/mol. The van der Waals surface area contributed by atoms with Crippen molar-refractivity contribution in [3.05, 3.63) is 40.4 Å². The molecule has 1 N–H and O–H groups in total.